The lowest BCUT2D eigenvalue weighted by Gasteiger charge is -2.37. The minimum absolute atomic E-state index is 0.868. The number of guanidine groups is 1. The highest BCUT2D eigenvalue weighted by Gasteiger charge is 2.19. The van der Waals surface area contributed by atoms with Crippen molar-refractivity contribution in [3.63, 3.8) is 0 Å². The van der Waals surface area contributed by atoms with Gasteiger partial charge >= 0.3 is 0 Å². The second-order valence-electron chi connectivity index (χ2n) is 7.15. The topological polar surface area (TPSA) is 48.7 Å². The number of piperazine rings is 1. The van der Waals surface area contributed by atoms with Gasteiger partial charge in [-0.3, -0.25) is 4.99 Å². The van der Waals surface area contributed by atoms with Crippen LogP contribution >= 0.6 is 0 Å². The maximum atomic E-state index is 4.49. The van der Waals surface area contributed by atoms with E-state index in [0.717, 1.165) is 50.8 Å². The highest BCUT2D eigenvalue weighted by Crippen LogP contribution is 2.15. The largest absolute Gasteiger partial charge is 0.368 e. The number of benzene rings is 2. The van der Waals surface area contributed by atoms with Crippen LogP contribution in [0.2, 0.25) is 0 Å². The molecule has 6 nitrogen and oxygen atoms in total. The Labute approximate surface area is 172 Å². The SMILES string of the molecule is CN=C(NCCc1ccc(-n2cccn2)cc1)N1CCN(c2ccccc2)CC1. The smallest absolute Gasteiger partial charge is 0.193 e. The number of aromatic nitrogens is 2. The Morgan fingerprint density at radius 3 is 2.34 bits per heavy atom. The molecule has 1 saturated heterocycles. The molecule has 0 atom stereocenters. The van der Waals surface area contributed by atoms with Gasteiger partial charge in [0, 0.05) is 57.9 Å². The van der Waals surface area contributed by atoms with Gasteiger partial charge in [-0.25, -0.2) is 4.68 Å². The van der Waals surface area contributed by atoms with Crippen LogP contribution < -0.4 is 10.2 Å². The van der Waals surface area contributed by atoms with Crippen molar-refractivity contribution >= 4 is 11.6 Å². The molecule has 0 aliphatic carbocycles. The highest BCUT2D eigenvalue weighted by molar-refractivity contribution is 5.80. The normalized spacial score (nSPS) is 14.9. The van der Waals surface area contributed by atoms with Crippen molar-refractivity contribution < 1.29 is 0 Å². The van der Waals surface area contributed by atoms with Gasteiger partial charge in [-0.15, -0.1) is 0 Å². The van der Waals surface area contributed by atoms with Crippen molar-refractivity contribution in [2.75, 3.05) is 44.7 Å². The Morgan fingerprint density at radius 2 is 1.69 bits per heavy atom. The van der Waals surface area contributed by atoms with E-state index < -0.39 is 0 Å². The maximum Gasteiger partial charge on any atom is 0.193 e. The second-order valence-corrected chi connectivity index (χ2v) is 7.15. The van der Waals surface area contributed by atoms with Gasteiger partial charge in [0.25, 0.3) is 0 Å². The number of anilines is 1. The van der Waals surface area contributed by atoms with E-state index in [1.54, 1.807) is 6.20 Å². The molecule has 0 amide bonds. The number of aliphatic imine (C=N–C) groups is 1. The minimum atomic E-state index is 0.868. The summed E-state index contributed by atoms with van der Waals surface area (Å²) < 4.78 is 1.87. The molecule has 0 spiro atoms. The average molecular weight is 389 g/mol. The zero-order valence-corrected chi connectivity index (χ0v) is 16.9. The van der Waals surface area contributed by atoms with Gasteiger partial charge in [-0.1, -0.05) is 30.3 Å². The molecule has 1 aliphatic rings. The molecular weight excluding hydrogens is 360 g/mol. The standard InChI is InChI=1S/C23H28N6/c1-24-23(28-18-16-27(17-19-28)21-6-3-2-4-7-21)25-14-12-20-8-10-22(11-9-20)29-15-5-13-26-29/h2-11,13,15H,12,14,16-19H2,1H3,(H,24,25). The molecule has 1 aliphatic heterocycles. The van der Waals surface area contributed by atoms with Gasteiger partial charge < -0.3 is 15.1 Å². The van der Waals surface area contributed by atoms with Gasteiger partial charge in [0.15, 0.2) is 5.96 Å². The van der Waals surface area contributed by atoms with Crippen molar-refractivity contribution in [1.29, 1.82) is 0 Å². The van der Waals surface area contributed by atoms with E-state index in [1.807, 2.05) is 24.0 Å². The highest BCUT2D eigenvalue weighted by atomic mass is 15.3. The van der Waals surface area contributed by atoms with Gasteiger partial charge in [0.05, 0.1) is 5.69 Å². The summed E-state index contributed by atoms with van der Waals surface area (Å²) >= 11 is 0. The van der Waals surface area contributed by atoms with Gasteiger partial charge in [-0.05, 0) is 42.3 Å². The van der Waals surface area contributed by atoms with Crippen LogP contribution in [0, 0.1) is 0 Å². The molecular formula is C23H28N6. The summed E-state index contributed by atoms with van der Waals surface area (Å²) in [5.74, 6) is 0.992. The number of nitrogens with one attached hydrogen (secondary N) is 1. The molecule has 6 heteroatoms. The second kappa shape index (κ2) is 9.28. The van der Waals surface area contributed by atoms with Crippen LogP contribution in [0.5, 0.6) is 0 Å². The zero-order valence-electron chi connectivity index (χ0n) is 16.9. The zero-order chi connectivity index (χ0) is 19.9. The number of hydrogen-bond donors (Lipinski definition) is 1. The van der Waals surface area contributed by atoms with Crippen molar-refractivity contribution in [3.05, 3.63) is 78.6 Å². The molecule has 1 fully saturated rings. The number of nitrogens with zero attached hydrogens (tertiary/aromatic N) is 5. The molecule has 1 N–H and O–H groups in total. The summed E-state index contributed by atoms with van der Waals surface area (Å²) in [6, 6.07) is 21.1. The lowest BCUT2D eigenvalue weighted by atomic mass is 10.1. The molecule has 1 aromatic heterocycles. The predicted octanol–water partition coefficient (Wildman–Crippen LogP) is 2.81. The number of para-hydroxylation sites is 1. The van der Waals surface area contributed by atoms with Crippen LogP contribution in [0.1, 0.15) is 5.56 Å². The quantitative estimate of drug-likeness (QED) is 0.539. The van der Waals surface area contributed by atoms with Crippen LogP contribution in [0.4, 0.5) is 5.69 Å². The fourth-order valence-electron chi connectivity index (χ4n) is 3.70. The summed E-state index contributed by atoms with van der Waals surface area (Å²) in [6.07, 6.45) is 4.71. The Hall–Kier alpha value is -3.28. The van der Waals surface area contributed by atoms with E-state index in [2.05, 4.69) is 79.8 Å². The van der Waals surface area contributed by atoms with Crippen molar-refractivity contribution in [3.8, 4) is 5.69 Å². The average Bonchev–Trinajstić information content (AvgIpc) is 3.33. The molecule has 4 rings (SSSR count). The first-order valence-electron chi connectivity index (χ1n) is 10.2. The third-order valence-electron chi connectivity index (χ3n) is 5.31. The molecule has 0 unspecified atom stereocenters. The molecule has 0 radical (unpaired) electrons. The van der Waals surface area contributed by atoms with Crippen molar-refractivity contribution in [1.82, 2.24) is 20.0 Å². The van der Waals surface area contributed by atoms with E-state index in [9.17, 15) is 0 Å². The van der Waals surface area contributed by atoms with Crippen molar-refractivity contribution in [2.24, 2.45) is 4.99 Å². The summed E-state index contributed by atoms with van der Waals surface area (Å²) in [6.45, 7) is 4.85. The first kappa shape index (κ1) is 19.1. The molecule has 0 bridgehead atoms. The molecule has 0 saturated carbocycles. The monoisotopic (exact) mass is 388 g/mol. The van der Waals surface area contributed by atoms with Crippen LogP contribution in [0.3, 0.4) is 0 Å². The van der Waals surface area contributed by atoms with E-state index in [4.69, 9.17) is 0 Å². The lowest BCUT2D eigenvalue weighted by molar-refractivity contribution is 0.373. The third-order valence-corrected chi connectivity index (χ3v) is 5.31. The van der Waals surface area contributed by atoms with E-state index in [0.29, 0.717) is 0 Å². The van der Waals surface area contributed by atoms with Crippen LogP contribution in [-0.2, 0) is 6.42 Å². The summed E-state index contributed by atoms with van der Waals surface area (Å²) in [5.41, 5.74) is 3.69. The van der Waals surface area contributed by atoms with Crippen LogP contribution in [-0.4, -0.2) is 60.4 Å². The maximum absolute atomic E-state index is 4.49. The molecule has 2 aromatic carbocycles. The predicted molar refractivity (Wildman–Crippen MR) is 119 cm³/mol. The summed E-state index contributed by atoms with van der Waals surface area (Å²) in [5, 5.41) is 7.79. The fourth-order valence-corrected chi connectivity index (χ4v) is 3.70. The Balaban J connectivity index is 1.25. The number of hydrogen-bond acceptors (Lipinski definition) is 3. The Kier molecular flexibility index (Phi) is 6.10. The number of rotatable bonds is 5. The van der Waals surface area contributed by atoms with E-state index in [-0.39, 0.29) is 0 Å². The Bertz CT molecular complexity index is 894. The summed E-state index contributed by atoms with van der Waals surface area (Å²) in [4.78, 5) is 9.27. The first-order chi connectivity index (χ1) is 14.3. The molecule has 150 valence electrons. The van der Waals surface area contributed by atoms with Crippen LogP contribution in [0.15, 0.2) is 78.0 Å². The van der Waals surface area contributed by atoms with Crippen molar-refractivity contribution in [2.45, 2.75) is 6.42 Å². The van der Waals surface area contributed by atoms with Gasteiger partial charge in [0.2, 0.25) is 0 Å². The van der Waals surface area contributed by atoms with Crippen LogP contribution in [0.25, 0.3) is 5.69 Å². The molecule has 29 heavy (non-hydrogen) atoms. The fraction of sp³-hybridized carbons (Fsp3) is 0.304. The minimum Gasteiger partial charge on any atom is -0.368 e. The molecule has 3 aromatic rings. The third kappa shape index (κ3) is 4.77. The Morgan fingerprint density at radius 1 is 0.931 bits per heavy atom. The van der Waals surface area contributed by atoms with Gasteiger partial charge in [0.1, 0.15) is 0 Å². The first-order valence-corrected chi connectivity index (χ1v) is 10.2. The van der Waals surface area contributed by atoms with Gasteiger partial charge in [-0.2, -0.15) is 5.10 Å². The van der Waals surface area contributed by atoms with E-state index in [1.165, 1.54) is 11.3 Å². The lowest BCUT2D eigenvalue weighted by Crippen LogP contribution is -2.52. The summed E-state index contributed by atoms with van der Waals surface area (Å²) in [7, 11) is 1.87. The van der Waals surface area contributed by atoms with E-state index >= 15 is 0 Å². The molecule has 2 heterocycles.